The van der Waals surface area contributed by atoms with Gasteiger partial charge in [0.2, 0.25) is 0 Å². The monoisotopic (exact) mass is 547 g/mol. The zero-order chi connectivity index (χ0) is 21.3. The fourth-order valence-electron chi connectivity index (χ4n) is 2.82. The van der Waals surface area contributed by atoms with E-state index in [0.29, 0.717) is 14.6 Å². The molecule has 0 aliphatic rings. The van der Waals surface area contributed by atoms with Gasteiger partial charge in [-0.3, -0.25) is 9.38 Å². The first kappa shape index (κ1) is 20.7. The van der Waals surface area contributed by atoms with E-state index in [1.54, 1.807) is 30.7 Å². The quantitative estimate of drug-likeness (QED) is 0.270. The molecule has 152 valence electrons. The van der Waals surface area contributed by atoms with Gasteiger partial charge in [0.25, 0.3) is 10.0 Å². The molecule has 0 spiro atoms. The summed E-state index contributed by atoms with van der Waals surface area (Å²) in [5.74, 6) is 0. The van der Waals surface area contributed by atoms with E-state index in [1.165, 1.54) is 19.3 Å². The Hall–Kier alpha value is -2.56. The van der Waals surface area contributed by atoms with Crippen LogP contribution in [0.25, 0.3) is 16.8 Å². The molecule has 0 fully saturated rings. The maximum atomic E-state index is 12.9. The maximum absolute atomic E-state index is 12.9. The van der Waals surface area contributed by atoms with Crippen molar-refractivity contribution in [3.63, 3.8) is 0 Å². The number of benzene rings is 1. The van der Waals surface area contributed by atoms with Crippen LogP contribution in [0, 0.1) is 0 Å². The normalized spacial score (nSPS) is 12.0. The molecule has 0 amide bonds. The average molecular weight is 549 g/mol. The number of rotatable bonds is 5. The van der Waals surface area contributed by atoms with Crippen molar-refractivity contribution >= 4 is 53.7 Å². The Balaban J connectivity index is 1.67. The van der Waals surface area contributed by atoms with Gasteiger partial charge in [0.1, 0.15) is 10.5 Å². The number of fused-ring (bicyclic) bond motifs is 1. The number of sulfonamides is 1. The third kappa shape index (κ3) is 4.03. The van der Waals surface area contributed by atoms with Crippen LogP contribution in [-0.4, -0.2) is 40.5 Å². The molecule has 0 atom stereocenters. The van der Waals surface area contributed by atoms with Crippen molar-refractivity contribution in [3.05, 3.63) is 81.9 Å². The van der Waals surface area contributed by atoms with Crippen molar-refractivity contribution < 1.29 is 8.42 Å². The van der Waals surface area contributed by atoms with Crippen LogP contribution in [0.15, 0.2) is 86.2 Å². The number of halogens is 2. The van der Waals surface area contributed by atoms with Crippen LogP contribution >= 0.6 is 31.9 Å². The summed E-state index contributed by atoms with van der Waals surface area (Å²) in [7, 11) is -2.44. The molecule has 10 heteroatoms. The molecular formula is C20H15Br2N5O2S. The molecule has 0 radical (unpaired) electrons. The Morgan fingerprint density at radius 3 is 2.70 bits per heavy atom. The van der Waals surface area contributed by atoms with Gasteiger partial charge in [-0.2, -0.15) is 17.9 Å². The Morgan fingerprint density at radius 1 is 1.10 bits per heavy atom. The predicted octanol–water partition coefficient (Wildman–Crippen LogP) is 4.58. The number of aromatic nitrogens is 3. The van der Waals surface area contributed by atoms with E-state index in [2.05, 4.69) is 46.9 Å². The van der Waals surface area contributed by atoms with Crippen LogP contribution in [0.2, 0.25) is 0 Å². The van der Waals surface area contributed by atoms with E-state index in [9.17, 15) is 8.42 Å². The summed E-state index contributed by atoms with van der Waals surface area (Å²) >= 11 is 6.59. The lowest BCUT2D eigenvalue weighted by Gasteiger charge is -2.15. The third-order valence-corrected chi connectivity index (χ3v) is 7.53. The first-order chi connectivity index (χ1) is 14.4. The van der Waals surface area contributed by atoms with Gasteiger partial charge in [0.05, 0.1) is 18.1 Å². The highest BCUT2D eigenvalue weighted by molar-refractivity contribution is 9.11. The lowest BCUT2D eigenvalue weighted by atomic mass is 10.1. The van der Waals surface area contributed by atoms with Crippen LogP contribution in [-0.2, 0) is 10.0 Å². The van der Waals surface area contributed by atoms with Gasteiger partial charge in [0, 0.05) is 45.7 Å². The lowest BCUT2D eigenvalue weighted by molar-refractivity contribution is 0.490. The molecule has 0 N–H and O–H groups in total. The molecule has 4 aromatic rings. The molecule has 0 saturated heterocycles. The minimum Gasteiger partial charge on any atom is -0.298 e. The summed E-state index contributed by atoms with van der Waals surface area (Å²) in [6.45, 7) is 0. The maximum Gasteiger partial charge on any atom is 0.279 e. The summed E-state index contributed by atoms with van der Waals surface area (Å²) in [4.78, 5) is 8.62. The van der Waals surface area contributed by atoms with E-state index >= 15 is 0 Å². The van der Waals surface area contributed by atoms with Crippen LogP contribution in [0.3, 0.4) is 0 Å². The molecule has 0 aliphatic carbocycles. The number of hydrogen-bond donors (Lipinski definition) is 0. The van der Waals surface area contributed by atoms with Crippen LogP contribution in [0.5, 0.6) is 0 Å². The van der Waals surface area contributed by atoms with E-state index in [4.69, 9.17) is 0 Å². The van der Waals surface area contributed by atoms with Crippen molar-refractivity contribution in [1.82, 2.24) is 18.8 Å². The Bertz CT molecular complexity index is 1350. The molecule has 0 bridgehead atoms. The number of hydrazone groups is 1. The number of pyridine rings is 2. The smallest absolute Gasteiger partial charge is 0.279 e. The number of imidazole rings is 1. The van der Waals surface area contributed by atoms with E-state index in [-0.39, 0.29) is 4.90 Å². The fraction of sp³-hybridized carbons (Fsp3) is 0.0500. The molecular weight excluding hydrogens is 534 g/mol. The summed E-state index contributed by atoms with van der Waals surface area (Å²) in [5.41, 5.74) is 3.30. The van der Waals surface area contributed by atoms with Gasteiger partial charge in [-0.1, -0.05) is 22.0 Å². The molecule has 7 nitrogen and oxygen atoms in total. The first-order valence-electron chi connectivity index (χ1n) is 8.72. The summed E-state index contributed by atoms with van der Waals surface area (Å²) in [5, 5.41) is 4.15. The molecule has 30 heavy (non-hydrogen) atoms. The van der Waals surface area contributed by atoms with Crippen molar-refractivity contribution in [2.45, 2.75) is 4.90 Å². The SMILES string of the molecule is CN(/N=C/c1cnc2ccc(-c3cccnc3)cn12)S(=O)(=O)c1cc(Br)ccc1Br. The van der Waals surface area contributed by atoms with Crippen LogP contribution in [0.4, 0.5) is 0 Å². The minimum absolute atomic E-state index is 0.119. The summed E-state index contributed by atoms with van der Waals surface area (Å²) < 4.78 is 29.7. The second kappa shape index (κ2) is 8.29. The van der Waals surface area contributed by atoms with Gasteiger partial charge >= 0.3 is 0 Å². The third-order valence-electron chi connectivity index (χ3n) is 4.40. The van der Waals surface area contributed by atoms with Crippen molar-refractivity contribution in [2.75, 3.05) is 7.05 Å². The highest BCUT2D eigenvalue weighted by Gasteiger charge is 2.22. The Kier molecular flexibility index (Phi) is 5.72. The molecule has 0 unspecified atom stereocenters. The zero-order valence-electron chi connectivity index (χ0n) is 15.6. The second-order valence-electron chi connectivity index (χ2n) is 6.33. The van der Waals surface area contributed by atoms with Gasteiger partial charge < -0.3 is 0 Å². The van der Waals surface area contributed by atoms with E-state index < -0.39 is 10.0 Å². The largest absolute Gasteiger partial charge is 0.298 e. The van der Waals surface area contributed by atoms with Crippen molar-refractivity contribution in [1.29, 1.82) is 0 Å². The highest BCUT2D eigenvalue weighted by atomic mass is 79.9. The summed E-state index contributed by atoms with van der Waals surface area (Å²) in [6.07, 6.45) is 8.52. The molecule has 0 saturated carbocycles. The fourth-order valence-corrected chi connectivity index (χ4v) is 5.24. The molecule has 0 aliphatic heterocycles. The average Bonchev–Trinajstić information content (AvgIpc) is 3.16. The van der Waals surface area contributed by atoms with Crippen molar-refractivity contribution in [3.8, 4) is 11.1 Å². The number of hydrogen-bond acceptors (Lipinski definition) is 5. The Morgan fingerprint density at radius 2 is 1.93 bits per heavy atom. The van der Waals surface area contributed by atoms with Crippen molar-refractivity contribution in [2.24, 2.45) is 5.10 Å². The van der Waals surface area contributed by atoms with E-state index in [1.807, 2.05) is 34.9 Å². The molecule has 3 aromatic heterocycles. The second-order valence-corrected chi connectivity index (χ2v) is 10.0. The molecule has 1 aromatic carbocycles. The van der Waals surface area contributed by atoms with E-state index in [0.717, 1.165) is 21.2 Å². The van der Waals surface area contributed by atoms with Gasteiger partial charge in [-0.15, -0.1) is 0 Å². The molecule has 4 rings (SSSR count). The topological polar surface area (TPSA) is 79.9 Å². The van der Waals surface area contributed by atoms with Crippen LogP contribution in [0.1, 0.15) is 5.69 Å². The lowest BCUT2D eigenvalue weighted by Crippen LogP contribution is -2.22. The van der Waals surface area contributed by atoms with Crippen LogP contribution < -0.4 is 0 Å². The van der Waals surface area contributed by atoms with Gasteiger partial charge in [-0.25, -0.2) is 4.98 Å². The molecule has 3 heterocycles. The summed E-state index contributed by atoms with van der Waals surface area (Å²) in [6, 6.07) is 12.6. The standard InChI is InChI=1S/C20H15Br2N5O2S/c1-26(30(28,29)19-9-16(21)5-6-18(19)22)25-12-17-11-24-20-7-4-15(13-27(17)20)14-3-2-8-23-10-14/h2-13H,1H3/b25-12+. The number of nitrogens with zero attached hydrogens (tertiary/aromatic N) is 5. The first-order valence-corrected chi connectivity index (χ1v) is 11.7. The van der Waals surface area contributed by atoms with Gasteiger partial charge in [-0.05, 0) is 52.3 Å². The highest BCUT2D eigenvalue weighted by Crippen LogP contribution is 2.28. The predicted molar refractivity (Wildman–Crippen MR) is 123 cm³/mol. The Labute approximate surface area is 190 Å². The zero-order valence-corrected chi connectivity index (χ0v) is 19.6. The van der Waals surface area contributed by atoms with Gasteiger partial charge in [0.15, 0.2) is 0 Å². The minimum atomic E-state index is -3.83.